The summed E-state index contributed by atoms with van der Waals surface area (Å²) >= 11 is 1.31. The Hall–Kier alpha value is -3.96. The molecule has 0 bridgehead atoms. The summed E-state index contributed by atoms with van der Waals surface area (Å²) in [6.07, 6.45) is 3.55. The third-order valence-electron chi connectivity index (χ3n) is 5.23. The van der Waals surface area contributed by atoms with Crippen LogP contribution in [-0.4, -0.2) is 27.3 Å². The largest absolute Gasteiger partial charge is 0.492 e. The van der Waals surface area contributed by atoms with E-state index in [1.807, 2.05) is 81.6 Å². The topological polar surface area (TPSA) is 92.8 Å². The number of nitriles is 1. The number of nitrogens with zero attached hydrogens (tertiary/aromatic N) is 4. The molecule has 0 spiro atoms. The SMILES string of the molecule is Cc1cccc(OCCn2cc(/C=C(/C#N)C(=O)Nc3nnc(C(C)C)s3)c3ccccc32)c1. The van der Waals surface area contributed by atoms with Crippen molar-refractivity contribution >= 4 is 39.4 Å². The van der Waals surface area contributed by atoms with Crippen molar-refractivity contribution in [2.24, 2.45) is 0 Å². The second-order valence-electron chi connectivity index (χ2n) is 8.18. The van der Waals surface area contributed by atoms with Crippen molar-refractivity contribution in [2.45, 2.75) is 33.2 Å². The van der Waals surface area contributed by atoms with E-state index in [0.29, 0.717) is 18.3 Å². The van der Waals surface area contributed by atoms with Gasteiger partial charge < -0.3 is 9.30 Å². The number of fused-ring (bicyclic) bond motifs is 1. The van der Waals surface area contributed by atoms with Gasteiger partial charge >= 0.3 is 0 Å². The number of carbonyl (C=O) groups excluding carboxylic acids is 1. The van der Waals surface area contributed by atoms with Crippen LogP contribution in [0.4, 0.5) is 5.13 Å². The number of hydrogen-bond acceptors (Lipinski definition) is 6. The number of hydrogen-bond donors (Lipinski definition) is 1. The van der Waals surface area contributed by atoms with Gasteiger partial charge in [0.25, 0.3) is 5.91 Å². The second kappa shape index (κ2) is 10.3. The zero-order valence-corrected chi connectivity index (χ0v) is 20.1. The highest BCUT2D eigenvalue weighted by molar-refractivity contribution is 7.15. The zero-order chi connectivity index (χ0) is 24.1. The fourth-order valence-electron chi connectivity index (χ4n) is 3.53. The van der Waals surface area contributed by atoms with Gasteiger partial charge in [0.15, 0.2) is 0 Å². The quantitative estimate of drug-likeness (QED) is 0.269. The molecule has 1 amide bonds. The number of rotatable bonds is 8. The molecule has 34 heavy (non-hydrogen) atoms. The predicted octanol–water partition coefficient (Wildman–Crippen LogP) is 5.55. The van der Waals surface area contributed by atoms with Crippen molar-refractivity contribution in [2.75, 3.05) is 11.9 Å². The number of aryl methyl sites for hydroxylation is 1. The number of ether oxygens (including phenoxy) is 1. The molecule has 8 heteroatoms. The van der Waals surface area contributed by atoms with Crippen LogP contribution < -0.4 is 10.1 Å². The maximum Gasteiger partial charge on any atom is 0.268 e. The minimum absolute atomic E-state index is 0.000195. The van der Waals surface area contributed by atoms with Crippen LogP contribution >= 0.6 is 11.3 Å². The first-order chi connectivity index (χ1) is 16.4. The van der Waals surface area contributed by atoms with Crippen LogP contribution in [-0.2, 0) is 11.3 Å². The van der Waals surface area contributed by atoms with Crippen LogP contribution in [0.2, 0.25) is 0 Å². The highest BCUT2D eigenvalue weighted by Crippen LogP contribution is 2.25. The van der Waals surface area contributed by atoms with Crippen molar-refractivity contribution in [3.05, 3.63) is 76.4 Å². The number of carbonyl (C=O) groups is 1. The molecule has 0 aliphatic rings. The molecular formula is C26H25N5O2S. The van der Waals surface area contributed by atoms with Crippen molar-refractivity contribution in [1.29, 1.82) is 5.26 Å². The number of nitrogens with one attached hydrogen (secondary N) is 1. The summed E-state index contributed by atoms with van der Waals surface area (Å²) in [5.74, 6) is 0.543. The molecule has 4 aromatic rings. The average Bonchev–Trinajstić information content (AvgIpc) is 3.43. The van der Waals surface area contributed by atoms with Crippen LogP contribution in [0.3, 0.4) is 0 Å². The molecule has 1 N–H and O–H groups in total. The second-order valence-corrected chi connectivity index (χ2v) is 9.19. The van der Waals surface area contributed by atoms with E-state index in [1.54, 1.807) is 6.08 Å². The van der Waals surface area contributed by atoms with Gasteiger partial charge in [0.1, 0.15) is 29.0 Å². The van der Waals surface area contributed by atoms with Crippen molar-refractivity contribution in [3.8, 4) is 11.8 Å². The summed E-state index contributed by atoms with van der Waals surface area (Å²) in [6, 6.07) is 17.9. The Morgan fingerprint density at radius 3 is 2.79 bits per heavy atom. The Labute approximate surface area is 202 Å². The molecular weight excluding hydrogens is 446 g/mol. The van der Waals surface area contributed by atoms with Gasteiger partial charge in [-0.2, -0.15) is 5.26 Å². The highest BCUT2D eigenvalue weighted by atomic mass is 32.1. The van der Waals surface area contributed by atoms with E-state index < -0.39 is 5.91 Å². The van der Waals surface area contributed by atoms with Crippen LogP contribution in [0, 0.1) is 18.3 Å². The molecule has 2 aromatic carbocycles. The summed E-state index contributed by atoms with van der Waals surface area (Å²) in [6.45, 7) is 7.16. The Bertz CT molecular complexity index is 1390. The molecule has 0 fully saturated rings. The molecule has 7 nitrogen and oxygen atoms in total. The van der Waals surface area contributed by atoms with E-state index in [-0.39, 0.29) is 11.5 Å². The van der Waals surface area contributed by atoms with Gasteiger partial charge in [-0.15, -0.1) is 10.2 Å². The molecule has 2 aromatic heterocycles. The van der Waals surface area contributed by atoms with Crippen molar-refractivity contribution in [1.82, 2.24) is 14.8 Å². The van der Waals surface area contributed by atoms with E-state index in [2.05, 4.69) is 20.1 Å². The Morgan fingerprint density at radius 2 is 2.06 bits per heavy atom. The van der Waals surface area contributed by atoms with Crippen molar-refractivity contribution < 1.29 is 9.53 Å². The van der Waals surface area contributed by atoms with E-state index in [1.165, 1.54) is 11.3 Å². The van der Waals surface area contributed by atoms with Crippen LogP contribution in [0.15, 0.2) is 60.3 Å². The van der Waals surface area contributed by atoms with Gasteiger partial charge in [-0.05, 0) is 36.8 Å². The van der Waals surface area contributed by atoms with Crippen molar-refractivity contribution in [3.63, 3.8) is 0 Å². The number of aromatic nitrogens is 3. The fraction of sp³-hybridized carbons (Fsp3) is 0.231. The number of anilines is 1. The lowest BCUT2D eigenvalue weighted by atomic mass is 10.1. The molecule has 0 aliphatic heterocycles. The van der Waals surface area contributed by atoms with Gasteiger partial charge in [-0.3, -0.25) is 10.1 Å². The first-order valence-electron chi connectivity index (χ1n) is 11.0. The van der Waals surface area contributed by atoms with Crippen LogP contribution in [0.1, 0.15) is 35.9 Å². The van der Waals surface area contributed by atoms with Gasteiger partial charge in [0.05, 0.1) is 6.54 Å². The first-order valence-corrected chi connectivity index (χ1v) is 11.8. The maximum atomic E-state index is 12.7. The molecule has 0 unspecified atom stereocenters. The molecule has 0 aliphatic carbocycles. The standard InChI is InChI=1S/C26H25N5O2S/c1-17(2)25-29-30-26(34-25)28-24(32)19(15-27)14-20-16-31(23-10-5-4-9-22(20)23)11-12-33-21-8-6-7-18(3)13-21/h4-10,13-14,16-17H,11-12H2,1-3H3,(H,28,30,32)/b19-14-. The minimum atomic E-state index is -0.506. The Kier molecular flexibility index (Phi) is 7.04. The fourth-order valence-corrected chi connectivity index (χ4v) is 4.27. The molecule has 2 heterocycles. The average molecular weight is 472 g/mol. The first kappa shape index (κ1) is 23.2. The zero-order valence-electron chi connectivity index (χ0n) is 19.3. The smallest absolute Gasteiger partial charge is 0.268 e. The molecule has 0 saturated heterocycles. The van der Waals surface area contributed by atoms with Gasteiger partial charge in [-0.1, -0.05) is 55.5 Å². The van der Waals surface area contributed by atoms with Crippen LogP contribution in [0.25, 0.3) is 17.0 Å². The number of benzene rings is 2. The van der Waals surface area contributed by atoms with Gasteiger partial charge in [0, 0.05) is 28.6 Å². The predicted molar refractivity (Wildman–Crippen MR) is 135 cm³/mol. The normalized spacial score (nSPS) is 11.6. The lowest BCUT2D eigenvalue weighted by molar-refractivity contribution is -0.112. The molecule has 4 rings (SSSR count). The van der Waals surface area contributed by atoms with E-state index >= 15 is 0 Å². The Morgan fingerprint density at radius 1 is 1.24 bits per heavy atom. The minimum Gasteiger partial charge on any atom is -0.492 e. The molecule has 0 radical (unpaired) electrons. The molecule has 0 saturated carbocycles. The molecule has 172 valence electrons. The Balaban J connectivity index is 1.54. The lowest BCUT2D eigenvalue weighted by Crippen LogP contribution is -2.13. The number of amides is 1. The third-order valence-corrected chi connectivity index (χ3v) is 6.37. The highest BCUT2D eigenvalue weighted by Gasteiger charge is 2.15. The van der Waals surface area contributed by atoms with Crippen LogP contribution in [0.5, 0.6) is 5.75 Å². The third kappa shape index (κ3) is 5.33. The van der Waals surface area contributed by atoms with Gasteiger partial charge in [0.2, 0.25) is 5.13 Å². The molecule has 0 atom stereocenters. The summed E-state index contributed by atoms with van der Waals surface area (Å²) < 4.78 is 7.98. The summed E-state index contributed by atoms with van der Waals surface area (Å²) in [5.41, 5.74) is 2.94. The summed E-state index contributed by atoms with van der Waals surface area (Å²) in [4.78, 5) is 12.7. The van der Waals surface area contributed by atoms with E-state index in [4.69, 9.17) is 4.74 Å². The monoisotopic (exact) mass is 471 g/mol. The van der Waals surface area contributed by atoms with E-state index in [0.717, 1.165) is 32.8 Å². The maximum absolute atomic E-state index is 12.7. The lowest BCUT2D eigenvalue weighted by Gasteiger charge is -2.08. The van der Waals surface area contributed by atoms with Gasteiger partial charge in [-0.25, -0.2) is 0 Å². The van der Waals surface area contributed by atoms with E-state index in [9.17, 15) is 10.1 Å². The number of para-hydroxylation sites is 1. The summed E-state index contributed by atoms with van der Waals surface area (Å²) in [7, 11) is 0. The summed E-state index contributed by atoms with van der Waals surface area (Å²) in [5, 5.41) is 22.6.